The molecule has 0 bridgehead atoms. The van der Waals surface area contributed by atoms with Crippen molar-refractivity contribution < 1.29 is 111 Å². The van der Waals surface area contributed by atoms with E-state index in [-0.39, 0.29) is 123 Å². The summed E-state index contributed by atoms with van der Waals surface area (Å²) >= 11 is 0. The fraction of sp³-hybridized carbons (Fsp3) is 0.629. The Morgan fingerprint density at radius 2 is 1.34 bits per heavy atom. The number of likely N-dealkylation sites (tertiary alicyclic amines) is 2. The number of rotatable bonds is 52. The number of ketones is 3. The van der Waals surface area contributed by atoms with Crippen LogP contribution in [0.5, 0.6) is 5.75 Å². The highest BCUT2D eigenvalue weighted by atomic mass is 16.7. The zero-order valence-corrected chi connectivity index (χ0v) is 79.3. The second kappa shape index (κ2) is 51.5. The lowest BCUT2D eigenvalue weighted by Gasteiger charge is -2.41. The molecule has 34 heteroatoms. The molecule has 5 heterocycles. The molecule has 3 aliphatic heterocycles. The minimum absolute atomic E-state index is 0.00578. The molecule has 0 radical (unpaired) electrons. The molecule has 724 valence electrons. The summed E-state index contributed by atoms with van der Waals surface area (Å²) in [7, 11) is 8.26. The molecule has 3 aromatic carbocycles. The smallest absolute Gasteiger partial charge is 0.410 e. The van der Waals surface area contributed by atoms with Crippen molar-refractivity contribution in [2.75, 3.05) is 105 Å². The number of fused-ring (bicyclic) bond motifs is 1. The van der Waals surface area contributed by atoms with Crippen molar-refractivity contribution in [1.82, 2.24) is 44.7 Å². The molecule has 34 nitrogen and oxygen atoms in total. The number of hydrogen-bond donors (Lipinski definition) is 9. The van der Waals surface area contributed by atoms with E-state index >= 15 is 0 Å². The van der Waals surface area contributed by atoms with Gasteiger partial charge in [-0.15, -0.1) is 0 Å². The maximum absolute atomic E-state index is 15.0. The van der Waals surface area contributed by atoms with Gasteiger partial charge in [0, 0.05) is 152 Å². The zero-order valence-electron chi connectivity index (χ0n) is 79.3. The number of carboxylic acid groups (broad SMARTS) is 1. The Hall–Kier alpha value is -9.72. The van der Waals surface area contributed by atoms with E-state index in [0.717, 1.165) is 48.2 Å². The maximum Gasteiger partial charge on any atom is 0.410 e. The standard InChI is InChI=1S/C97H143N11O23/c1-18-60(9)84(78(125-16)54-81(114)108-41-24-28-73(108)89(126-17)63(12)74(109)49-61(10)85(115)65-25-21-20-22-26-65)104(14)94(121)72(57(3)4)53-76(111)83(59(7)8)105(15)97(124)129-56-64-29-31-68(32-30-64)101-92(119)62(11)50-75(110)82(58(5)6)102-93(120)71-34-33-69(52-77(71)130-96-88(118)86(116)87(117)90(131-96)95(122)123)100-79(112)38-45-127-47-48-128-46-40-98-67-35-42-106(43-36-67)80(113)37-44-107-70(55-103(13)19-2)51-66-27-23-39-99-91(66)107/h20-23,25-27,29-34,39,51-52,57-63,67,72-73,78,82-90,96,98,115-118H,18-19,24,28,35-38,40-50,53-56H2,1-17H3,(H,100,112)(H,101,119)(H,102,120)(H,122,123)/t60-,61-,62+,63-,72-,73-,78+,82-,83-,84-,85+,86-,87-,88+,89+,90-,96+/m0/s1. The first-order chi connectivity index (χ1) is 62.3. The lowest BCUT2D eigenvalue weighted by Crippen LogP contribution is -2.61. The van der Waals surface area contributed by atoms with Crippen LogP contribution in [0.4, 0.5) is 16.2 Å². The molecule has 0 unspecified atom stereocenters. The molecule has 8 rings (SSSR count). The van der Waals surface area contributed by atoms with Crippen LogP contribution in [0.3, 0.4) is 0 Å². The van der Waals surface area contributed by atoms with Gasteiger partial charge in [0.15, 0.2) is 17.7 Å². The molecular formula is C97H143N11O23. The summed E-state index contributed by atoms with van der Waals surface area (Å²) in [6, 6.07) is 22.5. The quantitative estimate of drug-likeness (QED) is 0.0164. The average molecular weight is 1830 g/mol. The Bertz CT molecular complexity index is 4560. The van der Waals surface area contributed by atoms with Crippen molar-refractivity contribution >= 4 is 87.3 Å². The molecule has 0 spiro atoms. The predicted octanol–water partition coefficient (Wildman–Crippen LogP) is 8.85. The third-order valence-corrected chi connectivity index (χ3v) is 25.8. The van der Waals surface area contributed by atoms with Crippen LogP contribution in [0.2, 0.25) is 0 Å². The maximum atomic E-state index is 15.0. The lowest BCUT2D eigenvalue weighted by atomic mass is 9.83. The number of carbonyl (C=O) groups excluding carboxylic acids is 10. The van der Waals surface area contributed by atoms with Gasteiger partial charge in [0.1, 0.15) is 42.1 Å². The van der Waals surface area contributed by atoms with Crippen molar-refractivity contribution in [3.8, 4) is 5.75 Å². The number of likely N-dealkylation sites (N-methyl/N-ethyl adjacent to an activating group) is 2. The normalized spacial score (nSPS) is 19.8. The number of aliphatic hydroxyl groups excluding tert-OH is 4. The van der Waals surface area contributed by atoms with Gasteiger partial charge in [-0.2, -0.15) is 0 Å². The monoisotopic (exact) mass is 1830 g/mol. The second-order valence-corrected chi connectivity index (χ2v) is 36.4. The number of benzene rings is 3. The summed E-state index contributed by atoms with van der Waals surface area (Å²) < 4.78 is 42.8. The number of aryl methyl sites for hydroxylation is 1. The van der Waals surface area contributed by atoms with Crippen LogP contribution in [0, 0.1) is 47.3 Å². The van der Waals surface area contributed by atoms with Crippen molar-refractivity contribution in [1.29, 1.82) is 0 Å². The number of pyridine rings is 1. The Kier molecular flexibility index (Phi) is 41.9. The molecule has 3 saturated heterocycles. The summed E-state index contributed by atoms with van der Waals surface area (Å²) in [6.45, 7) is 27.1. The molecule has 3 aliphatic rings. The van der Waals surface area contributed by atoms with E-state index in [9.17, 15) is 78.3 Å². The third kappa shape index (κ3) is 29.6. The largest absolute Gasteiger partial charge is 0.479 e. The molecule has 131 heavy (non-hydrogen) atoms. The Labute approximate surface area is 770 Å². The Morgan fingerprint density at radius 1 is 0.656 bits per heavy atom. The number of Topliss-reactive ketones (excluding diaryl/α,β-unsaturated/α-hetero) is 3. The van der Waals surface area contributed by atoms with Crippen LogP contribution in [0.15, 0.2) is 97.2 Å². The minimum atomic E-state index is -2.08. The molecule has 7 amide bonds. The first-order valence-electron chi connectivity index (χ1n) is 46.2. The van der Waals surface area contributed by atoms with Crippen LogP contribution in [-0.4, -0.2) is 292 Å². The number of aliphatic carboxylic acids is 1. The molecule has 0 aliphatic carbocycles. The molecule has 5 aromatic rings. The van der Waals surface area contributed by atoms with Gasteiger partial charge in [-0.25, -0.2) is 14.6 Å². The van der Waals surface area contributed by atoms with Crippen LogP contribution in [0.1, 0.15) is 187 Å². The molecule has 2 aromatic heterocycles. The molecule has 3 fully saturated rings. The second-order valence-electron chi connectivity index (χ2n) is 36.4. The van der Waals surface area contributed by atoms with Gasteiger partial charge in [0.25, 0.3) is 5.91 Å². The highest BCUT2D eigenvalue weighted by Gasteiger charge is 2.50. The lowest BCUT2D eigenvalue weighted by molar-refractivity contribution is -0.271. The number of piperidine rings is 1. The number of aliphatic hydroxyl groups is 4. The summed E-state index contributed by atoms with van der Waals surface area (Å²) in [6.07, 6.45) is -8.23. The number of methoxy groups -OCH3 is 2. The molecule has 17 atom stereocenters. The highest BCUT2D eigenvalue weighted by molar-refractivity contribution is 6.02. The summed E-state index contributed by atoms with van der Waals surface area (Å²) in [5.41, 5.74) is 3.36. The number of nitrogens with one attached hydrogen (secondary N) is 4. The number of aromatic nitrogens is 2. The van der Waals surface area contributed by atoms with E-state index in [4.69, 9.17) is 33.2 Å². The molecular weight excluding hydrogens is 1690 g/mol. The van der Waals surface area contributed by atoms with Gasteiger partial charge in [0.05, 0.1) is 87.3 Å². The minimum Gasteiger partial charge on any atom is -0.479 e. The fourth-order valence-corrected chi connectivity index (χ4v) is 17.7. The fourth-order valence-electron chi connectivity index (χ4n) is 17.7. The van der Waals surface area contributed by atoms with Gasteiger partial charge in [0.2, 0.25) is 35.8 Å². The Balaban J connectivity index is 0.786. The number of nitrogens with zero attached hydrogens (tertiary/aromatic N) is 7. The van der Waals surface area contributed by atoms with Crippen molar-refractivity contribution in [3.05, 3.63) is 120 Å². The Morgan fingerprint density at radius 3 is 1.97 bits per heavy atom. The number of hydrogen-bond acceptors (Lipinski definition) is 25. The first-order valence-corrected chi connectivity index (χ1v) is 46.2. The van der Waals surface area contributed by atoms with Gasteiger partial charge in [-0.3, -0.25) is 43.2 Å². The van der Waals surface area contributed by atoms with E-state index in [1.54, 1.807) is 82.1 Å². The SMILES string of the molecule is CC[C@H](C)[C@@H]([C@@H](CC(=O)N1CCC[C@H]1[C@H](OC)[C@@H](C)C(=O)C[C@H](C)[C@@H](O)c1ccccc1)OC)N(C)C(=O)[C@@H](CC(=O)[C@H](C(C)C)N(C)C(=O)OCc1ccc(NC(=O)[C@H](C)CC(=O)[C@@H](NC(=O)c2ccc(NC(=O)CCOCCOCCNC3CCN(C(=O)CCn4c(CN(C)CC)cc5cccnc54)CC3)cc2O[C@@H]2O[C@H](C(=O)O)[C@@H](O)[C@H](O)[C@H]2O)C(C)C)cc1)C(C)C. The average Bonchev–Trinajstić information content (AvgIpc) is 1.72. The van der Waals surface area contributed by atoms with E-state index in [1.807, 2.05) is 88.9 Å². The van der Waals surface area contributed by atoms with E-state index in [2.05, 4.69) is 55.8 Å². The highest BCUT2D eigenvalue weighted by Crippen LogP contribution is 2.36. The van der Waals surface area contributed by atoms with Crippen LogP contribution < -0.4 is 26.0 Å². The van der Waals surface area contributed by atoms with Gasteiger partial charge >= 0.3 is 12.1 Å². The van der Waals surface area contributed by atoms with Crippen LogP contribution in [0.25, 0.3) is 11.0 Å². The summed E-state index contributed by atoms with van der Waals surface area (Å²) in [5.74, 6) is -9.69. The third-order valence-electron chi connectivity index (χ3n) is 25.8. The van der Waals surface area contributed by atoms with Crippen molar-refractivity contribution in [2.24, 2.45) is 47.3 Å². The van der Waals surface area contributed by atoms with Gasteiger partial charge in [-0.1, -0.05) is 132 Å². The number of ether oxygens (including phenoxy) is 7. The van der Waals surface area contributed by atoms with Crippen LogP contribution >= 0.6 is 0 Å². The number of carbonyl (C=O) groups is 11. The number of amides is 7. The topological polar surface area (TPSA) is 436 Å². The van der Waals surface area contributed by atoms with Gasteiger partial charge in [-0.05, 0) is 122 Å². The molecule has 9 N–H and O–H groups in total. The summed E-state index contributed by atoms with van der Waals surface area (Å²) in [4.78, 5) is 167. The van der Waals surface area contributed by atoms with Crippen molar-refractivity contribution in [3.63, 3.8) is 0 Å². The molecule has 0 saturated carbocycles. The van der Waals surface area contributed by atoms with E-state index in [1.165, 1.54) is 44.2 Å². The number of anilines is 2. The predicted molar refractivity (Wildman–Crippen MR) is 491 cm³/mol. The summed E-state index contributed by atoms with van der Waals surface area (Å²) in [5, 5.41) is 65.7. The first kappa shape index (κ1) is 107. The van der Waals surface area contributed by atoms with Gasteiger partial charge < -0.3 is 109 Å². The number of carboxylic acids is 1. The van der Waals surface area contributed by atoms with E-state index < -0.39 is 144 Å². The van der Waals surface area contributed by atoms with E-state index in [0.29, 0.717) is 76.3 Å². The van der Waals surface area contributed by atoms with Crippen LogP contribution in [-0.2, 0) is 91.3 Å². The zero-order chi connectivity index (χ0) is 96.2. The van der Waals surface area contributed by atoms with Crippen molar-refractivity contribution in [2.45, 2.75) is 253 Å².